The van der Waals surface area contributed by atoms with Crippen LogP contribution in [0.3, 0.4) is 0 Å². The third-order valence-corrected chi connectivity index (χ3v) is 10.4. The zero-order valence-electron chi connectivity index (χ0n) is 27.0. The molecule has 2 aromatic rings. The van der Waals surface area contributed by atoms with E-state index in [0.29, 0.717) is 11.5 Å². The molecule has 234 valence electrons. The summed E-state index contributed by atoms with van der Waals surface area (Å²) in [5, 5.41) is 46.6. The Hall–Kier alpha value is -3.71. The number of phenols is 1. The van der Waals surface area contributed by atoms with Gasteiger partial charge in [0.2, 0.25) is 5.78 Å². The van der Waals surface area contributed by atoms with Gasteiger partial charge in [0.15, 0.2) is 17.2 Å². The Balaban J connectivity index is 1.80. The van der Waals surface area contributed by atoms with Crippen molar-refractivity contribution >= 4 is 17.3 Å². The van der Waals surface area contributed by atoms with Crippen molar-refractivity contribution in [2.75, 3.05) is 0 Å². The zero-order chi connectivity index (χ0) is 32.7. The summed E-state index contributed by atoms with van der Waals surface area (Å²) in [5.41, 5.74) is -1.08. The van der Waals surface area contributed by atoms with E-state index < -0.39 is 51.0 Å². The molecular formula is C37H44O7. The minimum Gasteiger partial charge on any atom is -0.511 e. The smallest absolute Gasteiger partial charge is 0.209 e. The fourth-order valence-electron chi connectivity index (χ4n) is 8.77. The number of hydrogen-bond donors (Lipinski definition) is 4. The van der Waals surface area contributed by atoms with Gasteiger partial charge >= 0.3 is 0 Å². The third-order valence-electron chi connectivity index (χ3n) is 10.4. The number of ketones is 3. The van der Waals surface area contributed by atoms with Crippen LogP contribution in [0, 0.1) is 28.6 Å². The highest BCUT2D eigenvalue weighted by Crippen LogP contribution is 2.65. The molecule has 1 unspecified atom stereocenters. The molecule has 0 fully saturated rings. The Morgan fingerprint density at radius 3 is 2.23 bits per heavy atom. The largest absolute Gasteiger partial charge is 0.511 e. The van der Waals surface area contributed by atoms with Crippen molar-refractivity contribution in [1.82, 2.24) is 0 Å². The molecule has 7 heteroatoms. The van der Waals surface area contributed by atoms with Gasteiger partial charge in [0.1, 0.15) is 22.8 Å². The highest BCUT2D eigenvalue weighted by Gasteiger charge is 2.71. The number of aliphatic hydroxyl groups excluding tert-OH is 2. The lowest BCUT2D eigenvalue weighted by atomic mass is 9.44. The molecule has 0 amide bonds. The van der Waals surface area contributed by atoms with Crippen LogP contribution in [0.15, 0.2) is 53.0 Å². The minimum atomic E-state index is -2.62. The van der Waals surface area contributed by atoms with E-state index in [4.69, 9.17) is 0 Å². The van der Waals surface area contributed by atoms with Crippen molar-refractivity contribution in [3.05, 3.63) is 75.3 Å². The predicted octanol–water partition coefficient (Wildman–Crippen LogP) is 6.77. The Morgan fingerprint density at radius 2 is 1.66 bits per heavy atom. The van der Waals surface area contributed by atoms with Gasteiger partial charge in [-0.05, 0) is 78.3 Å². The first kappa shape index (κ1) is 31.7. The number of aryl methyl sites for hydroxylation is 1. The monoisotopic (exact) mass is 600 g/mol. The number of carbonyl (C=O) groups excluding carboxylic acids is 3. The Labute approximate surface area is 259 Å². The van der Waals surface area contributed by atoms with Crippen molar-refractivity contribution in [1.29, 1.82) is 0 Å². The van der Waals surface area contributed by atoms with Crippen LogP contribution in [0.5, 0.6) is 5.75 Å². The zero-order valence-corrected chi connectivity index (χ0v) is 27.0. The summed E-state index contributed by atoms with van der Waals surface area (Å²) in [6.07, 6.45) is 1.95. The molecule has 4 N–H and O–H groups in total. The van der Waals surface area contributed by atoms with E-state index in [0.717, 1.165) is 36.5 Å². The molecule has 0 heterocycles. The summed E-state index contributed by atoms with van der Waals surface area (Å²) in [5.74, 6) is -4.67. The number of aliphatic hydroxyl groups is 3. The summed E-state index contributed by atoms with van der Waals surface area (Å²) in [7, 11) is 0. The molecule has 0 spiro atoms. The van der Waals surface area contributed by atoms with Crippen molar-refractivity contribution in [2.45, 2.75) is 86.7 Å². The second kappa shape index (κ2) is 10.4. The van der Waals surface area contributed by atoms with Gasteiger partial charge in [-0.25, -0.2) is 0 Å². The molecule has 0 radical (unpaired) electrons. The number of Topliss-reactive ketones (excluding diaryl/α,β-unsaturated/α-hetero) is 3. The van der Waals surface area contributed by atoms with E-state index in [9.17, 15) is 34.8 Å². The van der Waals surface area contributed by atoms with Gasteiger partial charge < -0.3 is 20.4 Å². The van der Waals surface area contributed by atoms with E-state index in [1.165, 1.54) is 11.6 Å². The molecular weight excluding hydrogens is 556 g/mol. The number of benzene rings is 2. The molecule has 0 saturated carbocycles. The molecule has 0 aliphatic heterocycles. The lowest BCUT2D eigenvalue weighted by Gasteiger charge is -2.59. The fourth-order valence-corrected chi connectivity index (χ4v) is 8.77. The Bertz CT molecular complexity index is 1670. The molecule has 0 saturated heterocycles. The number of aromatic hydroxyl groups is 1. The first-order valence-electron chi connectivity index (χ1n) is 15.6. The molecule has 2 aromatic carbocycles. The van der Waals surface area contributed by atoms with Crippen molar-refractivity contribution < 1.29 is 34.8 Å². The number of phenolic OH excluding ortho intramolecular Hbond substituents is 1. The van der Waals surface area contributed by atoms with Crippen molar-refractivity contribution in [3.8, 4) is 16.9 Å². The minimum absolute atomic E-state index is 0.0406. The van der Waals surface area contributed by atoms with Crippen LogP contribution in [0.25, 0.3) is 11.1 Å². The standard InChI is InChI=1S/C37H44O7/c1-9-22-11-10-21(14-18(2)3)15-24(22)23-12-13-26(39)28-25(23)16-35(7)17-36(8)29(19(4)5)31(40)27(20(6)38)33(42)37(36,44)34(43)30(35)32(28)41/h10-13,15,18-19,29,39-40,43-44H,9,14,16-17H2,1-8H3/t29?,35-,36-,37+/m1/s1. The van der Waals surface area contributed by atoms with Gasteiger partial charge in [-0.3, -0.25) is 14.4 Å². The summed E-state index contributed by atoms with van der Waals surface area (Å²) in [6.45, 7) is 14.7. The van der Waals surface area contributed by atoms with Crippen LogP contribution in [-0.2, 0) is 28.9 Å². The van der Waals surface area contributed by atoms with Crippen molar-refractivity contribution in [3.63, 3.8) is 0 Å². The van der Waals surface area contributed by atoms with Crippen LogP contribution in [0.4, 0.5) is 0 Å². The lowest BCUT2D eigenvalue weighted by Crippen LogP contribution is -2.67. The number of rotatable bonds is 6. The molecule has 3 aliphatic rings. The number of carbonyl (C=O) groups is 3. The second-order valence-electron chi connectivity index (χ2n) is 14.4. The van der Waals surface area contributed by atoms with Gasteiger partial charge in [-0.1, -0.05) is 72.7 Å². The summed E-state index contributed by atoms with van der Waals surface area (Å²) in [6, 6.07) is 9.72. The Morgan fingerprint density at radius 1 is 1.00 bits per heavy atom. The van der Waals surface area contributed by atoms with Crippen LogP contribution >= 0.6 is 0 Å². The van der Waals surface area contributed by atoms with E-state index in [2.05, 4.69) is 39.0 Å². The normalized spacial score (nSPS) is 28.4. The van der Waals surface area contributed by atoms with Gasteiger partial charge in [0.05, 0.1) is 5.56 Å². The first-order valence-corrected chi connectivity index (χ1v) is 15.6. The van der Waals surface area contributed by atoms with Gasteiger partial charge in [0, 0.05) is 22.3 Å². The van der Waals surface area contributed by atoms with Crippen LogP contribution in [0.2, 0.25) is 0 Å². The van der Waals surface area contributed by atoms with Crippen LogP contribution in [0.1, 0.15) is 88.9 Å². The number of fused-ring (bicyclic) bond motifs is 3. The number of hydrogen-bond acceptors (Lipinski definition) is 7. The quantitative estimate of drug-likeness (QED) is 0.269. The van der Waals surface area contributed by atoms with Crippen LogP contribution < -0.4 is 0 Å². The predicted molar refractivity (Wildman–Crippen MR) is 169 cm³/mol. The number of allylic oxidation sites excluding steroid dienone is 2. The summed E-state index contributed by atoms with van der Waals surface area (Å²) < 4.78 is 0. The Kier molecular flexibility index (Phi) is 7.52. The van der Waals surface area contributed by atoms with Gasteiger partial charge in [0.25, 0.3) is 0 Å². The van der Waals surface area contributed by atoms with E-state index >= 15 is 0 Å². The SMILES string of the molecule is CCc1ccc(CC(C)C)cc1-c1ccc(O)c2c1C[C@]1(C)C[C@]3(C)C(C(C)C)C(O)=C(C(C)=O)C(=O)[C@]3(O)C(O)=C1C2=O. The van der Waals surface area contributed by atoms with E-state index in [1.807, 2.05) is 26.8 Å². The molecule has 44 heavy (non-hydrogen) atoms. The summed E-state index contributed by atoms with van der Waals surface area (Å²) in [4.78, 5) is 40.9. The first-order chi connectivity index (χ1) is 20.4. The molecule has 0 bridgehead atoms. The molecule has 3 aliphatic carbocycles. The topological polar surface area (TPSA) is 132 Å². The fraction of sp³-hybridized carbons (Fsp3) is 0.486. The van der Waals surface area contributed by atoms with E-state index in [-0.39, 0.29) is 41.4 Å². The van der Waals surface area contributed by atoms with Gasteiger partial charge in [-0.2, -0.15) is 0 Å². The second-order valence-corrected chi connectivity index (χ2v) is 14.4. The van der Waals surface area contributed by atoms with Crippen LogP contribution in [-0.4, -0.2) is 43.4 Å². The average Bonchev–Trinajstić information content (AvgIpc) is 2.90. The van der Waals surface area contributed by atoms with Gasteiger partial charge in [-0.15, -0.1) is 0 Å². The molecule has 7 nitrogen and oxygen atoms in total. The average molecular weight is 601 g/mol. The maximum Gasteiger partial charge on any atom is 0.209 e. The lowest BCUT2D eigenvalue weighted by molar-refractivity contribution is -0.171. The molecule has 5 rings (SSSR count). The maximum absolute atomic E-state index is 14.4. The third kappa shape index (κ3) is 4.22. The summed E-state index contributed by atoms with van der Waals surface area (Å²) >= 11 is 0. The molecule has 0 aromatic heterocycles. The molecule has 4 atom stereocenters. The highest BCUT2D eigenvalue weighted by molar-refractivity contribution is 6.25. The van der Waals surface area contributed by atoms with E-state index in [1.54, 1.807) is 6.92 Å². The maximum atomic E-state index is 14.4. The van der Waals surface area contributed by atoms with Crippen molar-refractivity contribution in [2.24, 2.45) is 28.6 Å². The highest BCUT2D eigenvalue weighted by atomic mass is 16.3.